The van der Waals surface area contributed by atoms with Crippen LogP contribution in [0.15, 0.2) is 41.4 Å². The predicted molar refractivity (Wildman–Crippen MR) is 91.5 cm³/mol. The lowest BCUT2D eigenvalue weighted by Gasteiger charge is -2.01. The summed E-state index contributed by atoms with van der Waals surface area (Å²) in [7, 11) is -4.17. The van der Waals surface area contributed by atoms with Crippen LogP contribution >= 0.6 is 11.8 Å². The molecule has 1 aliphatic rings. The Morgan fingerprint density at radius 3 is 2.41 bits per heavy atom. The maximum absolute atomic E-state index is 9.56. The third kappa shape index (κ3) is 4.07. The fourth-order valence-corrected chi connectivity index (χ4v) is 3.22. The van der Waals surface area contributed by atoms with E-state index in [9.17, 15) is 8.42 Å². The number of aliphatic imine (C=N–C) groups is 1. The second-order valence-corrected chi connectivity index (χ2v) is 6.71. The monoisotopic (exact) mass is 339 g/mol. The van der Waals surface area contributed by atoms with E-state index in [1.165, 1.54) is 28.3 Å². The summed E-state index contributed by atoms with van der Waals surface area (Å²) in [6.07, 6.45) is 0. The van der Waals surface area contributed by atoms with E-state index in [1.54, 1.807) is 0 Å². The van der Waals surface area contributed by atoms with Crippen LogP contribution < -0.4 is 0 Å². The third-order valence-electron chi connectivity index (χ3n) is 2.88. The summed E-state index contributed by atoms with van der Waals surface area (Å²) in [5, 5.41) is 3.78. The Morgan fingerprint density at radius 1 is 1.18 bits per heavy atom. The summed E-state index contributed by atoms with van der Waals surface area (Å²) in [5.74, 6) is 1.07. The molecule has 0 amide bonds. The highest BCUT2D eigenvalue weighted by Crippen LogP contribution is 2.37. The van der Waals surface area contributed by atoms with Gasteiger partial charge in [0.15, 0.2) is 0 Å². The number of hydrogen-bond donors (Lipinski definition) is 1. The van der Waals surface area contributed by atoms with E-state index < -0.39 is 10.4 Å². The van der Waals surface area contributed by atoms with Crippen molar-refractivity contribution in [3.05, 3.63) is 42.0 Å². The van der Waals surface area contributed by atoms with Crippen molar-refractivity contribution in [2.24, 2.45) is 4.99 Å². The Kier molecular flexibility index (Phi) is 5.57. The molecule has 5 nitrogen and oxygen atoms in total. The molecule has 0 spiro atoms. The quantitative estimate of drug-likeness (QED) is 0.861. The highest BCUT2D eigenvalue weighted by Gasteiger charge is 2.17. The van der Waals surface area contributed by atoms with Gasteiger partial charge in [-0.25, -0.2) is 9.18 Å². The standard InChI is InChI=1S/C13H11NS.C2H6O4S/c1-2-15-13-10-7-3-5-9-6-4-8-11(14-13)12(9)10;1-2-6-7(3,4)5/h3-8H,2H2,1H3;2H2,1H3,(H,3,4,5). The Morgan fingerprint density at radius 2 is 1.86 bits per heavy atom. The van der Waals surface area contributed by atoms with Crippen molar-refractivity contribution in [3.8, 4) is 0 Å². The van der Waals surface area contributed by atoms with Crippen molar-refractivity contribution in [2.75, 3.05) is 12.4 Å². The van der Waals surface area contributed by atoms with Gasteiger partial charge in [0.2, 0.25) is 0 Å². The molecule has 2 aromatic rings. The first-order valence-corrected chi connectivity index (χ1v) is 9.16. The Bertz CT molecular complexity index is 795. The normalized spacial score (nSPS) is 12.8. The van der Waals surface area contributed by atoms with Crippen LogP contribution in [0.4, 0.5) is 5.69 Å². The zero-order valence-corrected chi connectivity index (χ0v) is 13.9. The first-order chi connectivity index (χ1) is 10.5. The van der Waals surface area contributed by atoms with Gasteiger partial charge in [-0.05, 0) is 24.1 Å². The summed E-state index contributed by atoms with van der Waals surface area (Å²) in [5.41, 5.74) is 2.43. The van der Waals surface area contributed by atoms with Crippen LogP contribution in [0.25, 0.3) is 10.8 Å². The summed E-state index contributed by atoms with van der Waals surface area (Å²) in [6.45, 7) is 3.60. The molecule has 0 aromatic heterocycles. The predicted octanol–water partition coefficient (Wildman–Crippen LogP) is 3.81. The molecule has 0 unspecified atom stereocenters. The average Bonchev–Trinajstić information content (AvgIpc) is 2.80. The minimum Gasteiger partial charge on any atom is -0.264 e. The lowest BCUT2D eigenvalue weighted by molar-refractivity contribution is 0.283. The molecule has 7 heteroatoms. The Labute approximate surface area is 134 Å². The van der Waals surface area contributed by atoms with Crippen LogP contribution in [-0.2, 0) is 14.6 Å². The van der Waals surface area contributed by atoms with Crippen LogP contribution in [0.5, 0.6) is 0 Å². The van der Waals surface area contributed by atoms with Gasteiger partial charge in [0.1, 0.15) is 5.04 Å². The fourth-order valence-electron chi connectivity index (χ4n) is 2.16. The zero-order valence-electron chi connectivity index (χ0n) is 12.3. The largest absolute Gasteiger partial charge is 0.397 e. The van der Waals surface area contributed by atoms with Gasteiger partial charge < -0.3 is 0 Å². The van der Waals surface area contributed by atoms with E-state index in [0.29, 0.717) is 0 Å². The maximum atomic E-state index is 9.56. The third-order valence-corrected chi connectivity index (χ3v) is 4.29. The molecule has 0 saturated heterocycles. The molecule has 3 rings (SSSR count). The van der Waals surface area contributed by atoms with Crippen molar-refractivity contribution in [1.82, 2.24) is 0 Å². The molecular weight excluding hydrogens is 322 g/mol. The zero-order chi connectivity index (χ0) is 16.2. The van der Waals surface area contributed by atoms with E-state index in [2.05, 4.69) is 52.5 Å². The first kappa shape index (κ1) is 17.0. The van der Waals surface area contributed by atoms with Crippen LogP contribution in [0.2, 0.25) is 0 Å². The maximum Gasteiger partial charge on any atom is 0.397 e. The molecule has 0 saturated carbocycles. The molecule has 0 atom stereocenters. The van der Waals surface area contributed by atoms with Gasteiger partial charge in [-0.2, -0.15) is 8.42 Å². The van der Waals surface area contributed by atoms with Gasteiger partial charge in [0.25, 0.3) is 0 Å². The van der Waals surface area contributed by atoms with Crippen LogP contribution in [0, 0.1) is 0 Å². The second kappa shape index (κ2) is 7.23. The minimum atomic E-state index is -4.17. The minimum absolute atomic E-state index is 0.0289. The van der Waals surface area contributed by atoms with Gasteiger partial charge in [-0.3, -0.25) is 4.55 Å². The molecule has 1 N–H and O–H groups in total. The summed E-state index contributed by atoms with van der Waals surface area (Å²) < 4.78 is 30.7. The molecule has 22 heavy (non-hydrogen) atoms. The van der Waals surface area contributed by atoms with E-state index in [4.69, 9.17) is 4.55 Å². The van der Waals surface area contributed by atoms with Gasteiger partial charge in [-0.15, -0.1) is 11.8 Å². The Hall–Kier alpha value is -1.41. The van der Waals surface area contributed by atoms with E-state index in [1.807, 2.05) is 11.8 Å². The van der Waals surface area contributed by atoms with Crippen molar-refractivity contribution >= 4 is 43.7 Å². The smallest absolute Gasteiger partial charge is 0.264 e. The summed E-state index contributed by atoms with van der Waals surface area (Å²) >= 11 is 1.82. The molecule has 118 valence electrons. The lowest BCUT2D eigenvalue weighted by Crippen LogP contribution is -2.01. The van der Waals surface area contributed by atoms with Gasteiger partial charge >= 0.3 is 10.4 Å². The van der Waals surface area contributed by atoms with Crippen molar-refractivity contribution < 1.29 is 17.2 Å². The number of hydrogen-bond acceptors (Lipinski definition) is 5. The Balaban J connectivity index is 0.000000217. The van der Waals surface area contributed by atoms with E-state index in [-0.39, 0.29) is 6.61 Å². The van der Waals surface area contributed by atoms with Crippen molar-refractivity contribution in [2.45, 2.75) is 13.8 Å². The second-order valence-electron chi connectivity index (χ2n) is 4.37. The highest BCUT2D eigenvalue weighted by atomic mass is 32.3. The first-order valence-electron chi connectivity index (χ1n) is 6.81. The van der Waals surface area contributed by atoms with E-state index in [0.717, 1.165) is 11.4 Å². The SMILES string of the molecule is CCOS(=O)(=O)O.CCSC1=Nc2cccc3cccc1c23. The van der Waals surface area contributed by atoms with Gasteiger partial charge in [-0.1, -0.05) is 37.3 Å². The van der Waals surface area contributed by atoms with E-state index >= 15 is 0 Å². The van der Waals surface area contributed by atoms with Crippen LogP contribution in [0.3, 0.4) is 0 Å². The average molecular weight is 339 g/mol. The topological polar surface area (TPSA) is 76.0 Å². The molecule has 0 radical (unpaired) electrons. The van der Waals surface area contributed by atoms with Crippen molar-refractivity contribution in [1.29, 1.82) is 0 Å². The number of nitrogens with zero attached hydrogens (tertiary/aromatic N) is 1. The van der Waals surface area contributed by atoms with Crippen LogP contribution in [0.1, 0.15) is 19.4 Å². The van der Waals surface area contributed by atoms with Gasteiger partial charge in [0, 0.05) is 10.9 Å². The molecule has 0 aliphatic carbocycles. The van der Waals surface area contributed by atoms with Gasteiger partial charge in [0.05, 0.1) is 12.3 Å². The molecule has 1 aliphatic heterocycles. The number of rotatable bonds is 3. The molecule has 2 aromatic carbocycles. The van der Waals surface area contributed by atoms with Crippen molar-refractivity contribution in [3.63, 3.8) is 0 Å². The molecule has 1 heterocycles. The van der Waals surface area contributed by atoms with Crippen LogP contribution in [-0.4, -0.2) is 30.4 Å². The number of thioether (sulfide) groups is 1. The molecule has 0 bridgehead atoms. The number of benzene rings is 2. The fraction of sp³-hybridized carbons (Fsp3) is 0.267. The summed E-state index contributed by atoms with van der Waals surface area (Å²) in [4.78, 5) is 4.67. The summed E-state index contributed by atoms with van der Waals surface area (Å²) in [6, 6.07) is 12.7. The lowest BCUT2D eigenvalue weighted by atomic mass is 10.1. The molecular formula is C15H17NO4S2. The molecule has 0 fully saturated rings. The highest BCUT2D eigenvalue weighted by molar-refractivity contribution is 8.14.